The van der Waals surface area contributed by atoms with Gasteiger partial charge in [0.1, 0.15) is 17.0 Å². The minimum Gasteiger partial charge on any atom is -0.379 e. The number of likely N-dealkylation sites (tertiary alicyclic amines) is 1. The van der Waals surface area contributed by atoms with Crippen molar-refractivity contribution in [1.29, 1.82) is 0 Å². The van der Waals surface area contributed by atoms with E-state index in [1.54, 1.807) is 10.8 Å². The third kappa shape index (κ3) is 5.39. The molecule has 4 heterocycles. The first kappa shape index (κ1) is 25.8. The Labute approximate surface area is 224 Å². The number of hydrogen-bond donors (Lipinski definition) is 2. The molecule has 0 spiro atoms. The molecule has 0 bridgehead atoms. The summed E-state index contributed by atoms with van der Waals surface area (Å²) < 4.78 is 49.6. The summed E-state index contributed by atoms with van der Waals surface area (Å²) in [6.45, 7) is 2.69. The summed E-state index contributed by atoms with van der Waals surface area (Å²) in [7, 11) is 0. The van der Waals surface area contributed by atoms with Gasteiger partial charge in [-0.05, 0) is 51.4 Å². The number of nitrogens with zero attached hydrogens (tertiary/aromatic N) is 5. The van der Waals surface area contributed by atoms with Gasteiger partial charge in [0.2, 0.25) is 17.8 Å². The summed E-state index contributed by atoms with van der Waals surface area (Å²) in [5.74, 6) is -2.14. The largest absolute Gasteiger partial charge is 0.379 e. The standard InChI is InChI=1S/C27H32F3N7O2/c28-17-12-20(29)23(21(30)13-17)34-27-33-22-14-31-26(35-24(22)37(27)19-8-11-39-15-19)32-18-6-4-16(5-7-18)25(38)36-9-2-1-3-10-36/h12-14,16,18-19H,1-11,15H2,(H,33,34)(H,31,32,35)/t16-,18-,19-/m0/s1. The minimum absolute atomic E-state index is 0.0780. The molecule has 1 aliphatic carbocycles. The molecular formula is C27H32F3N7O2. The average Bonchev–Trinajstić information content (AvgIpc) is 3.58. The van der Waals surface area contributed by atoms with Gasteiger partial charge in [-0.15, -0.1) is 0 Å². The van der Waals surface area contributed by atoms with Crippen molar-refractivity contribution >= 4 is 34.7 Å². The van der Waals surface area contributed by atoms with E-state index in [0.29, 0.717) is 54.8 Å². The van der Waals surface area contributed by atoms with Crippen LogP contribution in [-0.4, -0.2) is 62.7 Å². The van der Waals surface area contributed by atoms with Crippen molar-refractivity contribution in [2.24, 2.45) is 5.92 Å². The number of rotatable bonds is 6. The van der Waals surface area contributed by atoms with Crippen LogP contribution in [0.3, 0.4) is 0 Å². The smallest absolute Gasteiger partial charge is 0.225 e. The first-order chi connectivity index (χ1) is 19.0. The van der Waals surface area contributed by atoms with Gasteiger partial charge in [0.05, 0.1) is 18.8 Å². The molecule has 3 aromatic rings. The number of anilines is 3. The highest BCUT2D eigenvalue weighted by Gasteiger charge is 2.31. The van der Waals surface area contributed by atoms with Crippen molar-refractivity contribution in [2.75, 3.05) is 36.9 Å². The van der Waals surface area contributed by atoms with E-state index in [1.165, 1.54) is 6.42 Å². The number of imidazole rings is 1. The van der Waals surface area contributed by atoms with Crippen molar-refractivity contribution in [3.05, 3.63) is 35.8 Å². The number of hydrogen-bond acceptors (Lipinski definition) is 7. The first-order valence-corrected chi connectivity index (χ1v) is 13.8. The molecule has 1 saturated carbocycles. The molecule has 39 heavy (non-hydrogen) atoms. The number of amides is 1. The van der Waals surface area contributed by atoms with E-state index >= 15 is 0 Å². The maximum absolute atomic E-state index is 14.4. The molecular weight excluding hydrogens is 511 g/mol. The van der Waals surface area contributed by atoms with Crippen molar-refractivity contribution in [2.45, 2.75) is 63.5 Å². The molecule has 6 rings (SSSR count). The predicted molar refractivity (Wildman–Crippen MR) is 139 cm³/mol. The van der Waals surface area contributed by atoms with Gasteiger partial charge >= 0.3 is 0 Å². The fourth-order valence-electron chi connectivity index (χ4n) is 5.93. The van der Waals surface area contributed by atoms with E-state index in [9.17, 15) is 18.0 Å². The van der Waals surface area contributed by atoms with Crippen LogP contribution in [0.15, 0.2) is 18.3 Å². The zero-order valence-corrected chi connectivity index (χ0v) is 21.6. The molecule has 3 fully saturated rings. The second-order valence-corrected chi connectivity index (χ2v) is 10.7. The van der Waals surface area contributed by atoms with Gasteiger partial charge in [0, 0.05) is 43.8 Å². The fourth-order valence-corrected chi connectivity index (χ4v) is 5.93. The van der Waals surface area contributed by atoms with Gasteiger partial charge in [-0.2, -0.15) is 4.98 Å². The number of aromatic nitrogens is 4. The highest BCUT2D eigenvalue weighted by atomic mass is 19.1. The lowest BCUT2D eigenvalue weighted by Crippen LogP contribution is -2.41. The molecule has 9 nitrogen and oxygen atoms in total. The normalized spacial score (nSPS) is 23.8. The summed E-state index contributed by atoms with van der Waals surface area (Å²) in [5, 5.41) is 6.11. The van der Waals surface area contributed by atoms with E-state index in [0.717, 1.165) is 51.6 Å². The van der Waals surface area contributed by atoms with Crippen molar-refractivity contribution in [3.63, 3.8) is 0 Å². The summed E-state index contributed by atoms with van der Waals surface area (Å²) in [4.78, 5) is 28.6. The maximum Gasteiger partial charge on any atom is 0.225 e. The van der Waals surface area contributed by atoms with Crippen LogP contribution in [0.2, 0.25) is 0 Å². The van der Waals surface area contributed by atoms with Crippen LogP contribution in [0.25, 0.3) is 11.2 Å². The molecule has 1 aromatic carbocycles. The van der Waals surface area contributed by atoms with E-state index in [-0.39, 0.29) is 23.9 Å². The van der Waals surface area contributed by atoms with Gasteiger partial charge in [0.25, 0.3) is 0 Å². The van der Waals surface area contributed by atoms with E-state index in [2.05, 4.69) is 20.6 Å². The van der Waals surface area contributed by atoms with Crippen molar-refractivity contribution < 1.29 is 22.7 Å². The lowest BCUT2D eigenvalue weighted by molar-refractivity contribution is -0.137. The Kier molecular flexibility index (Phi) is 7.28. The molecule has 208 valence electrons. The highest BCUT2D eigenvalue weighted by molar-refractivity contribution is 5.79. The SMILES string of the molecule is O=C([C@H]1CC[C@H](Nc2ncc3nc(Nc4c(F)cc(F)cc4F)n([C@H]4CCOC4)c3n2)CC1)N1CCCCC1. The molecule has 2 aromatic heterocycles. The molecule has 2 N–H and O–H groups in total. The molecule has 1 atom stereocenters. The van der Waals surface area contributed by atoms with Crippen LogP contribution < -0.4 is 10.6 Å². The van der Waals surface area contributed by atoms with Gasteiger partial charge in [-0.3, -0.25) is 9.36 Å². The maximum atomic E-state index is 14.4. The van der Waals surface area contributed by atoms with Crippen molar-refractivity contribution in [3.8, 4) is 0 Å². The minimum atomic E-state index is -1.06. The van der Waals surface area contributed by atoms with Crippen LogP contribution in [-0.2, 0) is 9.53 Å². The highest BCUT2D eigenvalue weighted by Crippen LogP contribution is 2.33. The Morgan fingerprint density at radius 2 is 1.72 bits per heavy atom. The van der Waals surface area contributed by atoms with Gasteiger partial charge < -0.3 is 20.3 Å². The van der Waals surface area contributed by atoms with Crippen LogP contribution >= 0.6 is 0 Å². The number of fused-ring (bicyclic) bond motifs is 1. The topological polar surface area (TPSA) is 97.2 Å². The Hall–Kier alpha value is -3.41. The van der Waals surface area contributed by atoms with Crippen LogP contribution in [0.5, 0.6) is 0 Å². The molecule has 0 unspecified atom stereocenters. The summed E-state index contributed by atoms with van der Waals surface area (Å²) in [6, 6.07) is 1.23. The Bertz CT molecular complexity index is 1320. The van der Waals surface area contributed by atoms with E-state index in [1.807, 2.05) is 4.90 Å². The van der Waals surface area contributed by atoms with E-state index in [4.69, 9.17) is 9.72 Å². The summed E-state index contributed by atoms with van der Waals surface area (Å²) in [6.07, 6.45) is 8.99. The average molecular weight is 544 g/mol. The second kappa shape index (κ2) is 11.0. The zero-order chi connectivity index (χ0) is 26.9. The lowest BCUT2D eigenvalue weighted by Gasteiger charge is -2.34. The number of carbonyl (C=O) groups is 1. The molecule has 3 aliphatic rings. The van der Waals surface area contributed by atoms with Gasteiger partial charge in [-0.25, -0.2) is 23.1 Å². The van der Waals surface area contributed by atoms with Crippen LogP contribution in [0.4, 0.5) is 30.8 Å². The van der Waals surface area contributed by atoms with Crippen LogP contribution in [0.1, 0.15) is 57.4 Å². The summed E-state index contributed by atoms with van der Waals surface area (Å²) >= 11 is 0. The fraction of sp³-hybridized carbons (Fsp3) is 0.556. The predicted octanol–water partition coefficient (Wildman–Crippen LogP) is 4.93. The summed E-state index contributed by atoms with van der Waals surface area (Å²) in [5.41, 5.74) is 0.463. The number of halogens is 3. The number of carbonyl (C=O) groups excluding carboxylic acids is 1. The van der Waals surface area contributed by atoms with Crippen molar-refractivity contribution in [1.82, 2.24) is 24.4 Å². The third-order valence-corrected chi connectivity index (χ3v) is 8.02. The molecule has 2 aliphatic heterocycles. The number of piperidine rings is 1. The Balaban J connectivity index is 1.20. The Morgan fingerprint density at radius 3 is 2.41 bits per heavy atom. The first-order valence-electron chi connectivity index (χ1n) is 13.8. The Morgan fingerprint density at radius 1 is 0.974 bits per heavy atom. The zero-order valence-electron chi connectivity index (χ0n) is 21.6. The third-order valence-electron chi connectivity index (χ3n) is 8.02. The number of benzene rings is 1. The molecule has 0 radical (unpaired) electrons. The molecule has 1 amide bonds. The quantitative estimate of drug-likeness (QED) is 0.455. The number of ether oxygens (including phenoxy) is 1. The number of nitrogens with one attached hydrogen (secondary N) is 2. The van der Waals surface area contributed by atoms with E-state index < -0.39 is 23.1 Å². The van der Waals surface area contributed by atoms with Crippen LogP contribution in [0, 0.1) is 23.4 Å². The molecule has 12 heteroatoms. The van der Waals surface area contributed by atoms with Gasteiger partial charge in [-0.1, -0.05) is 0 Å². The van der Waals surface area contributed by atoms with Gasteiger partial charge in [0.15, 0.2) is 17.3 Å². The molecule has 2 saturated heterocycles. The second-order valence-electron chi connectivity index (χ2n) is 10.7. The lowest BCUT2D eigenvalue weighted by atomic mass is 9.85. The monoisotopic (exact) mass is 543 g/mol.